The summed E-state index contributed by atoms with van der Waals surface area (Å²) in [5.41, 5.74) is 2.81. The second-order valence-electron chi connectivity index (χ2n) is 6.59. The van der Waals surface area contributed by atoms with Crippen molar-refractivity contribution in [2.24, 2.45) is 0 Å². The quantitative estimate of drug-likeness (QED) is 0.429. The SMILES string of the molecule is Cc1nc2cc(OCCNCc3cncc(-c4ccc(F)cc4F)c3)ccc2s1. The van der Waals surface area contributed by atoms with Gasteiger partial charge in [0.15, 0.2) is 0 Å². The zero-order valence-electron chi connectivity index (χ0n) is 15.8. The minimum Gasteiger partial charge on any atom is -0.492 e. The van der Waals surface area contributed by atoms with Gasteiger partial charge >= 0.3 is 0 Å². The summed E-state index contributed by atoms with van der Waals surface area (Å²) < 4.78 is 34.0. The number of fused-ring (bicyclic) bond motifs is 1. The van der Waals surface area contributed by atoms with Gasteiger partial charge in [0.2, 0.25) is 0 Å². The summed E-state index contributed by atoms with van der Waals surface area (Å²) in [6.45, 7) is 3.71. The number of aryl methyl sites for hydroxylation is 1. The molecule has 0 aliphatic rings. The molecule has 2 aromatic heterocycles. The fraction of sp³-hybridized carbons (Fsp3) is 0.182. The van der Waals surface area contributed by atoms with E-state index in [1.807, 2.05) is 31.2 Å². The number of halogens is 2. The van der Waals surface area contributed by atoms with Gasteiger partial charge in [-0.1, -0.05) is 0 Å². The number of hydrogen-bond donors (Lipinski definition) is 1. The van der Waals surface area contributed by atoms with Crippen molar-refractivity contribution in [1.82, 2.24) is 15.3 Å². The molecule has 0 unspecified atom stereocenters. The van der Waals surface area contributed by atoms with Crippen LogP contribution in [0.3, 0.4) is 0 Å². The van der Waals surface area contributed by atoms with Gasteiger partial charge in [0, 0.05) is 48.7 Å². The van der Waals surface area contributed by atoms with Crippen LogP contribution in [0.15, 0.2) is 54.9 Å². The molecule has 4 nitrogen and oxygen atoms in total. The third kappa shape index (κ3) is 4.75. The van der Waals surface area contributed by atoms with Crippen LogP contribution in [-0.4, -0.2) is 23.1 Å². The van der Waals surface area contributed by atoms with E-state index in [9.17, 15) is 8.78 Å². The first-order valence-corrected chi connectivity index (χ1v) is 10.0. The summed E-state index contributed by atoms with van der Waals surface area (Å²) in [5.74, 6) is -0.404. The van der Waals surface area contributed by atoms with Crippen molar-refractivity contribution in [3.63, 3.8) is 0 Å². The third-order valence-electron chi connectivity index (χ3n) is 4.38. The molecule has 148 valence electrons. The van der Waals surface area contributed by atoms with E-state index in [0.29, 0.717) is 30.8 Å². The van der Waals surface area contributed by atoms with Gasteiger partial charge < -0.3 is 10.1 Å². The monoisotopic (exact) mass is 411 g/mol. The fourth-order valence-corrected chi connectivity index (χ4v) is 3.85. The first-order chi connectivity index (χ1) is 14.1. The molecule has 2 heterocycles. The lowest BCUT2D eigenvalue weighted by molar-refractivity contribution is 0.314. The van der Waals surface area contributed by atoms with Crippen molar-refractivity contribution in [3.05, 3.63) is 77.1 Å². The third-order valence-corrected chi connectivity index (χ3v) is 5.33. The van der Waals surface area contributed by atoms with Gasteiger partial charge in [-0.05, 0) is 42.8 Å². The minimum absolute atomic E-state index is 0.330. The lowest BCUT2D eigenvalue weighted by Crippen LogP contribution is -2.20. The molecule has 4 rings (SSSR count). The van der Waals surface area contributed by atoms with Crippen molar-refractivity contribution in [2.75, 3.05) is 13.2 Å². The number of hydrogen-bond acceptors (Lipinski definition) is 5. The fourth-order valence-electron chi connectivity index (χ4n) is 3.04. The van der Waals surface area contributed by atoms with E-state index in [1.165, 1.54) is 12.1 Å². The van der Waals surface area contributed by atoms with Gasteiger partial charge in [0.25, 0.3) is 0 Å². The first kappa shape index (κ1) is 19.4. The molecule has 2 aromatic carbocycles. The molecule has 0 aliphatic heterocycles. The summed E-state index contributed by atoms with van der Waals surface area (Å²) in [5, 5.41) is 4.32. The highest BCUT2D eigenvalue weighted by atomic mass is 32.1. The smallest absolute Gasteiger partial charge is 0.133 e. The number of rotatable bonds is 7. The molecule has 0 bridgehead atoms. The second-order valence-corrected chi connectivity index (χ2v) is 7.83. The summed E-state index contributed by atoms with van der Waals surface area (Å²) in [6, 6.07) is 11.3. The molecule has 4 aromatic rings. The van der Waals surface area contributed by atoms with Crippen molar-refractivity contribution in [2.45, 2.75) is 13.5 Å². The zero-order valence-corrected chi connectivity index (χ0v) is 16.6. The molecular weight excluding hydrogens is 392 g/mol. The normalized spacial score (nSPS) is 11.1. The van der Waals surface area contributed by atoms with Crippen LogP contribution >= 0.6 is 11.3 Å². The van der Waals surface area contributed by atoms with E-state index >= 15 is 0 Å². The van der Waals surface area contributed by atoms with E-state index in [-0.39, 0.29) is 0 Å². The van der Waals surface area contributed by atoms with Crippen LogP contribution in [0.2, 0.25) is 0 Å². The maximum Gasteiger partial charge on any atom is 0.133 e. The Bertz CT molecular complexity index is 1150. The number of ether oxygens (including phenoxy) is 1. The molecule has 0 radical (unpaired) electrons. The van der Waals surface area contributed by atoms with Gasteiger partial charge in [-0.3, -0.25) is 4.98 Å². The van der Waals surface area contributed by atoms with Gasteiger partial charge in [-0.15, -0.1) is 11.3 Å². The number of benzene rings is 2. The zero-order chi connectivity index (χ0) is 20.2. The summed E-state index contributed by atoms with van der Waals surface area (Å²) in [4.78, 5) is 8.63. The Morgan fingerprint density at radius 1 is 1.07 bits per heavy atom. The van der Waals surface area contributed by atoms with Gasteiger partial charge in [-0.25, -0.2) is 13.8 Å². The Kier molecular flexibility index (Phi) is 5.78. The molecule has 1 N–H and O–H groups in total. The lowest BCUT2D eigenvalue weighted by Gasteiger charge is -2.09. The molecule has 29 heavy (non-hydrogen) atoms. The maximum atomic E-state index is 14.0. The van der Waals surface area contributed by atoms with Crippen molar-refractivity contribution in [1.29, 1.82) is 0 Å². The van der Waals surface area contributed by atoms with Crippen LogP contribution in [-0.2, 0) is 6.54 Å². The predicted octanol–water partition coefficient (Wildman–Crippen LogP) is 5.11. The van der Waals surface area contributed by atoms with Crippen molar-refractivity contribution in [3.8, 4) is 16.9 Å². The second kappa shape index (κ2) is 8.63. The molecule has 0 fully saturated rings. The summed E-state index contributed by atoms with van der Waals surface area (Å²) >= 11 is 1.66. The van der Waals surface area contributed by atoms with E-state index < -0.39 is 11.6 Å². The first-order valence-electron chi connectivity index (χ1n) is 9.18. The van der Waals surface area contributed by atoms with Gasteiger partial charge in [-0.2, -0.15) is 0 Å². The summed E-state index contributed by atoms with van der Waals surface area (Å²) in [7, 11) is 0. The lowest BCUT2D eigenvalue weighted by atomic mass is 10.1. The molecule has 0 saturated heterocycles. The van der Waals surface area contributed by atoms with E-state index in [4.69, 9.17) is 4.74 Å². The Balaban J connectivity index is 1.30. The average molecular weight is 411 g/mol. The maximum absolute atomic E-state index is 14.0. The molecule has 0 atom stereocenters. The number of aromatic nitrogens is 2. The van der Waals surface area contributed by atoms with Crippen LogP contribution in [0, 0.1) is 18.6 Å². The van der Waals surface area contributed by atoms with Crippen LogP contribution in [0.4, 0.5) is 8.78 Å². The topological polar surface area (TPSA) is 47.0 Å². The van der Waals surface area contributed by atoms with E-state index in [2.05, 4.69) is 15.3 Å². The van der Waals surface area contributed by atoms with Crippen molar-refractivity contribution >= 4 is 21.6 Å². The van der Waals surface area contributed by atoms with Crippen molar-refractivity contribution < 1.29 is 13.5 Å². The van der Waals surface area contributed by atoms with Crippen LogP contribution in [0.1, 0.15) is 10.6 Å². The number of nitrogens with zero attached hydrogens (tertiary/aromatic N) is 2. The highest BCUT2D eigenvalue weighted by Crippen LogP contribution is 2.25. The molecule has 7 heteroatoms. The number of nitrogens with one attached hydrogen (secondary N) is 1. The minimum atomic E-state index is -0.599. The van der Waals surface area contributed by atoms with Crippen LogP contribution in [0.25, 0.3) is 21.3 Å². The highest BCUT2D eigenvalue weighted by molar-refractivity contribution is 7.18. The van der Waals surface area contributed by atoms with Gasteiger partial charge in [0.05, 0.1) is 15.2 Å². The van der Waals surface area contributed by atoms with E-state index in [0.717, 1.165) is 32.6 Å². The largest absolute Gasteiger partial charge is 0.492 e. The molecule has 0 spiro atoms. The number of pyridine rings is 1. The highest BCUT2D eigenvalue weighted by Gasteiger charge is 2.08. The summed E-state index contributed by atoms with van der Waals surface area (Å²) in [6.07, 6.45) is 3.29. The van der Waals surface area contributed by atoms with Crippen LogP contribution in [0.5, 0.6) is 5.75 Å². The van der Waals surface area contributed by atoms with E-state index in [1.54, 1.807) is 23.7 Å². The Morgan fingerprint density at radius 2 is 1.97 bits per heavy atom. The molecule has 0 saturated carbocycles. The Labute approximate surface area is 171 Å². The molecule has 0 aliphatic carbocycles. The Morgan fingerprint density at radius 3 is 2.83 bits per heavy atom. The van der Waals surface area contributed by atoms with Gasteiger partial charge in [0.1, 0.15) is 24.0 Å². The Hall–Kier alpha value is -2.90. The molecule has 0 amide bonds. The standard InChI is InChI=1S/C22H19F2N3OS/c1-14-27-21-10-18(3-5-22(21)29-14)28-7-6-25-11-15-8-16(13-26-12-15)19-4-2-17(23)9-20(19)24/h2-5,8-10,12-13,25H,6-7,11H2,1H3. The molecular formula is C22H19F2N3OS. The average Bonchev–Trinajstić information content (AvgIpc) is 3.07. The van der Waals surface area contributed by atoms with Crippen LogP contribution < -0.4 is 10.1 Å². The number of thiazole rings is 1. The predicted molar refractivity (Wildman–Crippen MR) is 111 cm³/mol.